The lowest BCUT2D eigenvalue weighted by molar-refractivity contribution is -0.117. The van der Waals surface area contributed by atoms with Crippen molar-refractivity contribution in [2.75, 3.05) is 39.8 Å². The summed E-state index contributed by atoms with van der Waals surface area (Å²) in [6.07, 6.45) is 3.33. The van der Waals surface area contributed by atoms with Gasteiger partial charge >= 0.3 is 0 Å². The number of amides is 1. The van der Waals surface area contributed by atoms with E-state index in [1.165, 1.54) is 5.56 Å². The number of aryl methyl sites for hydroxylation is 2. The lowest BCUT2D eigenvalue weighted by atomic mass is 10.1. The number of halogens is 1. The Labute approximate surface area is 213 Å². The largest absolute Gasteiger partial charge is 0.344 e. The van der Waals surface area contributed by atoms with Gasteiger partial charge in [-0.2, -0.15) is 5.10 Å². The van der Waals surface area contributed by atoms with Crippen molar-refractivity contribution in [3.63, 3.8) is 0 Å². The number of carbonyl (C=O) groups is 1. The van der Waals surface area contributed by atoms with Crippen LogP contribution in [0.4, 0.5) is 0 Å². The van der Waals surface area contributed by atoms with Crippen LogP contribution in [0, 0.1) is 13.8 Å². The molecule has 0 spiro atoms. The Kier molecular flexibility index (Phi) is 8.39. The van der Waals surface area contributed by atoms with E-state index >= 15 is 0 Å². The molecule has 1 saturated heterocycles. The molecule has 7 heteroatoms. The number of nitrogens with zero attached hydrogens (tertiary/aromatic N) is 4. The molecule has 1 atom stereocenters. The molecular weight excluding hydrogens is 458 g/mol. The van der Waals surface area contributed by atoms with Crippen molar-refractivity contribution < 1.29 is 4.79 Å². The SMILES string of the molecule is Cc1ccc(Cn2nc(C)c(/C=C/C(=O)NC(CN3CCN(C)CC3)c3ccccc3)c2Cl)cc1. The average molecular weight is 492 g/mol. The van der Waals surface area contributed by atoms with Gasteiger partial charge in [-0.15, -0.1) is 0 Å². The number of aromatic nitrogens is 2. The van der Waals surface area contributed by atoms with Gasteiger partial charge in [0.15, 0.2) is 0 Å². The molecule has 1 fully saturated rings. The van der Waals surface area contributed by atoms with Crippen LogP contribution in [-0.2, 0) is 11.3 Å². The van der Waals surface area contributed by atoms with Crippen molar-refractivity contribution in [2.24, 2.45) is 0 Å². The predicted octanol–water partition coefficient (Wildman–Crippen LogP) is 4.32. The second-order valence-corrected chi connectivity index (χ2v) is 9.70. The van der Waals surface area contributed by atoms with Crippen molar-refractivity contribution in [1.29, 1.82) is 0 Å². The summed E-state index contributed by atoms with van der Waals surface area (Å²) < 4.78 is 1.78. The molecule has 2 aromatic carbocycles. The number of likely N-dealkylation sites (N-methyl/N-ethyl adjacent to an activating group) is 1. The predicted molar refractivity (Wildman–Crippen MR) is 143 cm³/mol. The topological polar surface area (TPSA) is 53.4 Å². The van der Waals surface area contributed by atoms with E-state index in [1.54, 1.807) is 16.8 Å². The third-order valence-electron chi connectivity index (χ3n) is 6.52. The first kappa shape index (κ1) is 25.2. The zero-order valence-corrected chi connectivity index (χ0v) is 21.5. The summed E-state index contributed by atoms with van der Waals surface area (Å²) in [6, 6.07) is 18.4. The Morgan fingerprint density at radius 1 is 1.06 bits per heavy atom. The monoisotopic (exact) mass is 491 g/mol. The normalized spacial score (nSPS) is 16.0. The summed E-state index contributed by atoms with van der Waals surface area (Å²) in [5.74, 6) is -0.144. The van der Waals surface area contributed by atoms with E-state index in [2.05, 4.69) is 70.6 Å². The van der Waals surface area contributed by atoms with Gasteiger partial charge < -0.3 is 10.2 Å². The van der Waals surface area contributed by atoms with Gasteiger partial charge in [0, 0.05) is 44.4 Å². The van der Waals surface area contributed by atoms with E-state index in [1.807, 2.05) is 25.1 Å². The van der Waals surface area contributed by atoms with Gasteiger partial charge in [0.1, 0.15) is 5.15 Å². The summed E-state index contributed by atoms with van der Waals surface area (Å²) in [5, 5.41) is 8.32. The van der Waals surface area contributed by atoms with Gasteiger partial charge in [-0.05, 0) is 38.1 Å². The second kappa shape index (κ2) is 11.7. The molecule has 3 aromatic rings. The Morgan fingerprint density at radius 3 is 2.43 bits per heavy atom. The number of carbonyl (C=O) groups excluding carboxylic acids is 1. The second-order valence-electron chi connectivity index (χ2n) is 9.34. The molecule has 35 heavy (non-hydrogen) atoms. The maximum absolute atomic E-state index is 13.0. The molecule has 0 bridgehead atoms. The lowest BCUT2D eigenvalue weighted by Crippen LogP contribution is -2.47. The average Bonchev–Trinajstić information content (AvgIpc) is 3.12. The molecule has 1 N–H and O–H groups in total. The van der Waals surface area contributed by atoms with E-state index in [9.17, 15) is 4.79 Å². The number of nitrogens with one attached hydrogen (secondary N) is 1. The third kappa shape index (κ3) is 6.82. The Morgan fingerprint density at radius 2 is 1.74 bits per heavy atom. The van der Waals surface area contributed by atoms with Gasteiger partial charge in [-0.1, -0.05) is 71.8 Å². The Bertz CT molecular complexity index is 1150. The van der Waals surface area contributed by atoms with Crippen molar-refractivity contribution in [2.45, 2.75) is 26.4 Å². The Hall–Kier alpha value is -2.93. The molecule has 1 aliphatic heterocycles. The molecule has 1 aliphatic rings. The Balaban J connectivity index is 1.44. The highest BCUT2D eigenvalue weighted by Gasteiger charge is 2.21. The minimum Gasteiger partial charge on any atom is -0.344 e. The van der Waals surface area contributed by atoms with Crippen LogP contribution in [0.5, 0.6) is 0 Å². The molecule has 1 amide bonds. The minimum absolute atomic E-state index is 0.0856. The summed E-state index contributed by atoms with van der Waals surface area (Å²) in [7, 11) is 2.15. The van der Waals surface area contributed by atoms with Crippen LogP contribution < -0.4 is 5.32 Å². The smallest absolute Gasteiger partial charge is 0.244 e. The highest BCUT2D eigenvalue weighted by molar-refractivity contribution is 6.31. The third-order valence-corrected chi connectivity index (χ3v) is 6.92. The van der Waals surface area contributed by atoms with Crippen LogP contribution in [-0.4, -0.2) is 65.3 Å². The molecule has 184 valence electrons. The van der Waals surface area contributed by atoms with E-state index in [-0.39, 0.29) is 11.9 Å². The fraction of sp³-hybridized carbons (Fsp3) is 0.357. The van der Waals surface area contributed by atoms with Crippen molar-refractivity contribution in [3.05, 3.63) is 93.8 Å². The summed E-state index contributed by atoms with van der Waals surface area (Å²) in [6.45, 7) is 9.43. The van der Waals surface area contributed by atoms with Crippen molar-refractivity contribution >= 4 is 23.6 Å². The standard InChI is InChI=1S/C28H34ClN5O/c1-21-9-11-23(12-10-21)19-34-28(29)25(22(2)31-34)13-14-27(35)30-26(24-7-5-4-6-8-24)20-33-17-15-32(3)16-18-33/h4-14,26H,15-20H2,1-3H3,(H,30,35)/b14-13+. The van der Waals surface area contributed by atoms with E-state index in [0.29, 0.717) is 11.7 Å². The van der Waals surface area contributed by atoms with Gasteiger partial charge in [0.05, 0.1) is 18.3 Å². The molecule has 2 heterocycles. The lowest BCUT2D eigenvalue weighted by Gasteiger charge is -2.34. The van der Waals surface area contributed by atoms with E-state index < -0.39 is 0 Å². The summed E-state index contributed by atoms with van der Waals surface area (Å²) >= 11 is 6.64. The first-order valence-electron chi connectivity index (χ1n) is 12.1. The van der Waals surface area contributed by atoms with Gasteiger partial charge in [-0.3, -0.25) is 9.69 Å². The van der Waals surface area contributed by atoms with Crippen molar-refractivity contribution in [3.8, 4) is 0 Å². The molecule has 1 unspecified atom stereocenters. The first-order valence-corrected chi connectivity index (χ1v) is 12.5. The van der Waals surface area contributed by atoms with Crippen LogP contribution in [0.15, 0.2) is 60.7 Å². The van der Waals surface area contributed by atoms with Crippen LogP contribution in [0.3, 0.4) is 0 Å². The molecule has 1 aromatic heterocycles. The molecule has 6 nitrogen and oxygen atoms in total. The summed E-state index contributed by atoms with van der Waals surface area (Å²) in [4.78, 5) is 17.7. The molecule has 0 radical (unpaired) electrons. The molecule has 4 rings (SSSR count). The van der Waals surface area contributed by atoms with Gasteiger partial charge in [0.2, 0.25) is 5.91 Å². The molecular formula is C28H34ClN5O. The van der Waals surface area contributed by atoms with Crippen LogP contribution >= 0.6 is 11.6 Å². The molecule has 0 aliphatic carbocycles. The number of hydrogen-bond donors (Lipinski definition) is 1. The highest BCUT2D eigenvalue weighted by atomic mass is 35.5. The highest BCUT2D eigenvalue weighted by Crippen LogP contribution is 2.23. The van der Waals surface area contributed by atoms with Crippen LogP contribution in [0.2, 0.25) is 5.15 Å². The van der Waals surface area contributed by atoms with E-state index in [4.69, 9.17) is 11.6 Å². The molecule has 0 saturated carbocycles. The zero-order chi connectivity index (χ0) is 24.8. The van der Waals surface area contributed by atoms with Gasteiger partial charge in [0.25, 0.3) is 0 Å². The quantitative estimate of drug-likeness (QED) is 0.477. The van der Waals surface area contributed by atoms with E-state index in [0.717, 1.165) is 55.1 Å². The maximum atomic E-state index is 13.0. The number of piperazine rings is 1. The number of rotatable bonds is 8. The first-order chi connectivity index (χ1) is 16.9. The fourth-order valence-electron chi connectivity index (χ4n) is 4.31. The van der Waals surface area contributed by atoms with Crippen molar-refractivity contribution in [1.82, 2.24) is 24.9 Å². The summed E-state index contributed by atoms with van der Waals surface area (Å²) in [5.41, 5.74) is 5.01. The minimum atomic E-state index is -0.144. The zero-order valence-electron chi connectivity index (χ0n) is 20.7. The number of hydrogen-bond acceptors (Lipinski definition) is 4. The maximum Gasteiger partial charge on any atom is 0.244 e. The van der Waals surface area contributed by atoms with Crippen LogP contribution in [0.1, 0.15) is 34.0 Å². The van der Waals surface area contributed by atoms with Crippen LogP contribution in [0.25, 0.3) is 6.08 Å². The van der Waals surface area contributed by atoms with Gasteiger partial charge in [-0.25, -0.2) is 4.68 Å². The fourth-order valence-corrected chi connectivity index (χ4v) is 4.61. The number of benzene rings is 2.